The molecule has 1 aromatic carbocycles. The maximum Gasteiger partial charge on any atom is 0.119 e. The van der Waals surface area contributed by atoms with E-state index in [2.05, 4.69) is 39.0 Å². The Kier molecular flexibility index (Phi) is 15.7. The highest BCUT2D eigenvalue weighted by molar-refractivity contribution is 5.34. The minimum Gasteiger partial charge on any atom is -0.494 e. The first-order valence-electron chi connectivity index (χ1n) is 14.9. The first-order chi connectivity index (χ1) is 16.2. The van der Waals surface area contributed by atoms with Gasteiger partial charge in [0.15, 0.2) is 0 Å². The van der Waals surface area contributed by atoms with E-state index in [-0.39, 0.29) is 0 Å². The molecule has 0 saturated heterocycles. The maximum absolute atomic E-state index is 6.02. The van der Waals surface area contributed by atoms with E-state index in [1.807, 2.05) is 0 Å². The van der Waals surface area contributed by atoms with Gasteiger partial charge in [0.25, 0.3) is 0 Å². The normalized spacial score (nSPS) is 18.5. The Labute approximate surface area is 207 Å². The highest BCUT2D eigenvalue weighted by Crippen LogP contribution is 2.34. The number of ether oxygens (including phenoxy) is 1. The molecule has 0 aromatic heterocycles. The van der Waals surface area contributed by atoms with Gasteiger partial charge in [-0.15, -0.1) is 0 Å². The maximum atomic E-state index is 6.02. The third-order valence-electron chi connectivity index (χ3n) is 8.08. The Balaban J connectivity index is 1.54. The SMILES string of the molecule is CCCCCCCCCC1CCC(CCc2ccc(OCCCCCCCC)cc2C)CC1. The van der Waals surface area contributed by atoms with Crippen molar-refractivity contribution < 1.29 is 4.74 Å². The molecule has 2 rings (SSSR count). The second-order valence-electron chi connectivity index (χ2n) is 11.0. The molecule has 1 fully saturated rings. The average Bonchev–Trinajstić information content (AvgIpc) is 2.83. The minimum absolute atomic E-state index is 0.868. The summed E-state index contributed by atoms with van der Waals surface area (Å²) in [5.74, 6) is 3.05. The summed E-state index contributed by atoms with van der Waals surface area (Å²) in [5, 5.41) is 0. The van der Waals surface area contributed by atoms with Crippen LogP contribution < -0.4 is 4.74 Å². The van der Waals surface area contributed by atoms with E-state index in [1.165, 1.54) is 140 Å². The van der Waals surface area contributed by atoms with Crippen LogP contribution in [-0.2, 0) is 6.42 Å². The zero-order chi connectivity index (χ0) is 23.6. The lowest BCUT2D eigenvalue weighted by Gasteiger charge is -2.28. The molecule has 0 bridgehead atoms. The monoisotopic (exact) mass is 456 g/mol. The van der Waals surface area contributed by atoms with Crippen LogP contribution in [0.1, 0.15) is 147 Å². The van der Waals surface area contributed by atoms with Gasteiger partial charge in [-0.2, -0.15) is 0 Å². The van der Waals surface area contributed by atoms with Crippen LogP contribution in [0.4, 0.5) is 0 Å². The van der Waals surface area contributed by atoms with Gasteiger partial charge in [0.1, 0.15) is 5.75 Å². The van der Waals surface area contributed by atoms with Crippen LogP contribution in [0.15, 0.2) is 18.2 Å². The minimum atomic E-state index is 0.868. The summed E-state index contributed by atoms with van der Waals surface area (Å²) in [6, 6.07) is 6.81. The Bertz CT molecular complexity index is 584. The molecular formula is C32H56O. The Morgan fingerprint density at radius 3 is 1.82 bits per heavy atom. The number of aryl methyl sites for hydroxylation is 2. The molecule has 1 aliphatic carbocycles. The van der Waals surface area contributed by atoms with Gasteiger partial charge in [-0.25, -0.2) is 0 Å². The van der Waals surface area contributed by atoms with E-state index in [9.17, 15) is 0 Å². The Hall–Kier alpha value is -0.980. The third kappa shape index (κ3) is 12.9. The van der Waals surface area contributed by atoms with Gasteiger partial charge >= 0.3 is 0 Å². The van der Waals surface area contributed by atoms with Crippen LogP contribution >= 0.6 is 0 Å². The second kappa shape index (κ2) is 18.4. The van der Waals surface area contributed by atoms with E-state index in [0.717, 1.165) is 24.2 Å². The molecule has 33 heavy (non-hydrogen) atoms. The molecule has 1 aliphatic rings. The molecule has 1 nitrogen and oxygen atoms in total. The summed E-state index contributed by atoms with van der Waals surface area (Å²) in [7, 11) is 0. The highest BCUT2D eigenvalue weighted by atomic mass is 16.5. The summed E-state index contributed by atoms with van der Waals surface area (Å²) in [6.45, 7) is 7.72. The molecule has 0 amide bonds. The molecule has 0 N–H and O–H groups in total. The molecule has 0 spiro atoms. The van der Waals surface area contributed by atoms with Crippen LogP contribution in [0.5, 0.6) is 5.75 Å². The van der Waals surface area contributed by atoms with Crippen molar-refractivity contribution in [1.29, 1.82) is 0 Å². The smallest absolute Gasteiger partial charge is 0.119 e. The van der Waals surface area contributed by atoms with Crippen LogP contribution in [0.2, 0.25) is 0 Å². The fourth-order valence-electron chi connectivity index (χ4n) is 5.67. The number of unbranched alkanes of at least 4 members (excludes halogenated alkanes) is 11. The van der Waals surface area contributed by atoms with Crippen LogP contribution in [0.3, 0.4) is 0 Å². The summed E-state index contributed by atoms with van der Waals surface area (Å²) in [6.07, 6.45) is 28.1. The molecule has 0 aliphatic heterocycles. The first-order valence-corrected chi connectivity index (χ1v) is 14.9. The van der Waals surface area contributed by atoms with Crippen molar-refractivity contribution in [3.05, 3.63) is 29.3 Å². The number of hydrogen-bond acceptors (Lipinski definition) is 1. The molecule has 1 saturated carbocycles. The molecule has 0 radical (unpaired) electrons. The van der Waals surface area contributed by atoms with Crippen molar-refractivity contribution in [2.45, 2.75) is 149 Å². The van der Waals surface area contributed by atoms with Gasteiger partial charge in [-0.1, -0.05) is 129 Å². The van der Waals surface area contributed by atoms with Crippen molar-refractivity contribution >= 4 is 0 Å². The molecule has 0 atom stereocenters. The lowest BCUT2D eigenvalue weighted by Crippen LogP contribution is -2.15. The van der Waals surface area contributed by atoms with Crippen molar-refractivity contribution in [2.75, 3.05) is 6.61 Å². The van der Waals surface area contributed by atoms with Gasteiger partial charge in [0, 0.05) is 0 Å². The standard InChI is InChI=1S/C32H56O/c1-4-6-8-10-12-13-15-17-29-18-20-30(21-19-29)22-23-31-24-25-32(27-28(31)3)33-26-16-14-11-9-7-5-2/h24-25,27,29-30H,4-23,26H2,1-3H3. The summed E-state index contributed by atoms with van der Waals surface area (Å²) >= 11 is 0. The van der Waals surface area contributed by atoms with Crippen LogP contribution in [0, 0.1) is 18.8 Å². The van der Waals surface area contributed by atoms with Crippen LogP contribution in [-0.4, -0.2) is 6.61 Å². The summed E-state index contributed by atoms with van der Waals surface area (Å²) < 4.78 is 6.02. The van der Waals surface area contributed by atoms with E-state index in [1.54, 1.807) is 0 Å². The van der Waals surface area contributed by atoms with E-state index in [0.29, 0.717) is 0 Å². The number of benzene rings is 1. The predicted octanol–water partition coefficient (Wildman–Crippen LogP) is 10.6. The fraction of sp³-hybridized carbons (Fsp3) is 0.812. The lowest BCUT2D eigenvalue weighted by atomic mass is 9.77. The van der Waals surface area contributed by atoms with E-state index in [4.69, 9.17) is 4.74 Å². The topological polar surface area (TPSA) is 9.23 Å². The zero-order valence-corrected chi connectivity index (χ0v) is 22.6. The van der Waals surface area contributed by atoms with Gasteiger partial charge in [-0.3, -0.25) is 0 Å². The molecule has 190 valence electrons. The van der Waals surface area contributed by atoms with Crippen molar-refractivity contribution in [2.24, 2.45) is 11.8 Å². The van der Waals surface area contributed by atoms with Crippen LogP contribution in [0.25, 0.3) is 0 Å². The third-order valence-corrected chi connectivity index (χ3v) is 8.08. The molecule has 0 heterocycles. The quantitative estimate of drug-likeness (QED) is 0.188. The average molecular weight is 457 g/mol. The highest BCUT2D eigenvalue weighted by Gasteiger charge is 2.20. The van der Waals surface area contributed by atoms with E-state index >= 15 is 0 Å². The zero-order valence-electron chi connectivity index (χ0n) is 22.6. The summed E-state index contributed by atoms with van der Waals surface area (Å²) in [4.78, 5) is 0. The Morgan fingerprint density at radius 2 is 1.21 bits per heavy atom. The van der Waals surface area contributed by atoms with Crippen molar-refractivity contribution in [1.82, 2.24) is 0 Å². The molecule has 0 unspecified atom stereocenters. The summed E-state index contributed by atoms with van der Waals surface area (Å²) in [5.41, 5.74) is 2.95. The van der Waals surface area contributed by atoms with Gasteiger partial charge in [0.05, 0.1) is 6.61 Å². The first kappa shape index (κ1) is 28.3. The lowest BCUT2D eigenvalue weighted by molar-refractivity contribution is 0.248. The van der Waals surface area contributed by atoms with Gasteiger partial charge in [0.2, 0.25) is 0 Å². The van der Waals surface area contributed by atoms with Gasteiger partial charge < -0.3 is 4.74 Å². The van der Waals surface area contributed by atoms with E-state index < -0.39 is 0 Å². The Morgan fingerprint density at radius 1 is 0.667 bits per heavy atom. The fourth-order valence-corrected chi connectivity index (χ4v) is 5.67. The van der Waals surface area contributed by atoms with Gasteiger partial charge in [-0.05, 0) is 61.3 Å². The second-order valence-corrected chi connectivity index (χ2v) is 11.0. The number of hydrogen-bond donors (Lipinski definition) is 0. The predicted molar refractivity (Wildman–Crippen MR) is 146 cm³/mol. The molecule has 1 heteroatoms. The van der Waals surface area contributed by atoms with Crippen molar-refractivity contribution in [3.63, 3.8) is 0 Å². The largest absolute Gasteiger partial charge is 0.494 e. The van der Waals surface area contributed by atoms with Crippen molar-refractivity contribution in [3.8, 4) is 5.75 Å². The molecular weight excluding hydrogens is 400 g/mol. The number of rotatable bonds is 19. The molecule has 1 aromatic rings.